The van der Waals surface area contributed by atoms with Crippen LogP contribution in [0.3, 0.4) is 0 Å². The first-order valence-electron chi connectivity index (χ1n) is 8.21. The SMILES string of the molecule is Cc1ccccc1C(=O)NCC(CCN(C)C)c1ccc(Cl)cc1. The Morgan fingerprint density at radius 3 is 2.42 bits per heavy atom. The Morgan fingerprint density at radius 1 is 1.12 bits per heavy atom. The molecule has 4 heteroatoms. The van der Waals surface area contributed by atoms with Crippen molar-refractivity contribution < 1.29 is 4.79 Å². The second-order valence-corrected chi connectivity index (χ2v) is 6.80. The average molecular weight is 345 g/mol. The van der Waals surface area contributed by atoms with E-state index in [1.807, 2.05) is 55.5 Å². The van der Waals surface area contributed by atoms with Gasteiger partial charge in [0.15, 0.2) is 0 Å². The van der Waals surface area contributed by atoms with Gasteiger partial charge in [-0.15, -0.1) is 0 Å². The third kappa shape index (κ3) is 5.36. The highest BCUT2D eigenvalue weighted by Crippen LogP contribution is 2.21. The molecule has 3 nitrogen and oxygen atoms in total. The van der Waals surface area contributed by atoms with Gasteiger partial charge in [0.05, 0.1) is 0 Å². The van der Waals surface area contributed by atoms with E-state index < -0.39 is 0 Å². The van der Waals surface area contributed by atoms with Crippen molar-refractivity contribution in [3.05, 3.63) is 70.2 Å². The van der Waals surface area contributed by atoms with Crippen molar-refractivity contribution in [1.29, 1.82) is 0 Å². The van der Waals surface area contributed by atoms with Crippen LogP contribution in [0.2, 0.25) is 5.02 Å². The number of carbonyl (C=O) groups is 1. The van der Waals surface area contributed by atoms with Crippen molar-refractivity contribution in [2.24, 2.45) is 0 Å². The van der Waals surface area contributed by atoms with Crippen LogP contribution < -0.4 is 5.32 Å². The first kappa shape index (κ1) is 18.5. The van der Waals surface area contributed by atoms with Crippen LogP contribution in [0, 0.1) is 6.92 Å². The third-order valence-corrected chi connectivity index (χ3v) is 4.42. The molecule has 0 aliphatic carbocycles. The maximum atomic E-state index is 12.5. The Labute approximate surface area is 149 Å². The van der Waals surface area contributed by atoms with Gasteiger partial charge < -0.3 is 10.2 Å². The molecule has 0 aliphatic heterocycles. The molecule has 1 unspecified atom stereocenters. The van der Waals surface area contributed by atoms with Gasteiger partial charge >= 0.3 is 0 Å². The van der Waals surface area contributed by atoms with E-state index in [1.54, 1.807) is 0 Å². The normalized spacial score (nSPS) is 12.2. The number of carbonyl (C=O) groups excluding carboxylic acids is 1. The summed E-state index contributed by atoms with van der Waals surface area (Å²) in [7, 11) is 4.12. The van der Waals surface area contributed by atoms with Crippen LogP contribution in [0.25, 0.3) is 0 Å². The number of halogens is 1. The summed E-state index contributed by atoms with van der Waals surface area (Å²) in [4.78, 5) is 14.6. The molecule has 1 atom stereocenters. The summed E-state index contributed by atoms with van der Waals surface area (Å²) in [6.45, 7) is 3.54. The molecular formula is C20H25ClN2O. The average Bonchev–Trinajstić information content (AvgIpc) is 2.56. The lowest BCUT2D eigenvalue weighted by Gasteiger charge is -2.21. The van der Waals surface area contributed by atoms with Crippen molar-refractivity contribution in [3.8, 4) is 0 Å². The molecule has 2 rings (SSSR count). The molecule has 1 N–H and O–H groups in total. The van der Waals surface area contributed by atoms with Gasteiger partial charge in [-0.3, -0.25) is 4.79 Å². The Bertz CT molecular complexity index is 668. The van der Waals surface area contributed by atoms with Crippen molar-refractivity contribution in [2.45, 2.75) is 19.3 Å². The van der Waals surface area contributed by atoms with Crippen LogP contribution in [0.1, 0.15) is 33.8 Å². The van der Waals surface area contributed by atoms with Crippen molar-refractivity contribution in [2.75, 3.05) is 27.2 Å². The lowest BCUT2D eigenvalue weighted by molar-refractivity contribution is 0.0949. The lowest BCUT2D eigenvalue weighted by Crippen LogP contribution is -2.30. The van der Waals surface area contributed by atoms with Gasteiger partial charge in [-0.2, -0.15) is 0 Å². The fourth-order valence-corrected chi connectivity index (χ4v) is 2.80. The van der Waals surface area contributed by atoms with Crippen molar-refractivity contribution >= 4 is 17.5 Å². The minimum Gasteiger partial charge on any atom is -0.351 e. The van der Waals surface area contributed by atoms with Crippen molar-refractivity contribution in [1.82, 2.24) is 10.2 Å². The van der Waals surface area contributed by atoms with E-state index in [4.69, 9.17) is 11.6 Å². The van der Waals surface area contributed by atoms with E-state index >= 15 is 0 Å². The number of hydrogen-bond acceptors (Lipinski definition) is 2. The van der Waals surface area contributed by atoms with E-state index in [1.165, 1.54) is 5.56 Å². The Kier molecular flexibility index (Phi) is 6.83. The number of amides is 1. The van der Waals surface area contributed by atoms with Crippen LogP contribution >= 0.6 is 11.6 Å². The number of hydrogen-bond donors (Lipinski definition) is 1. The highest BCUT2D eigenvalue weighted by molar-refractivity contribution is 6.30. The fourth-order valence-electron chi connectivity index (χ4n) is 2.67. The summed E-state index contributed by atoms with van der Waals surface area (Å²) >= 11 is 5.99. The number of benzene rings is 2. The Morgan fingerprint density at radius 2 is 1.79 bits per heavy atom. The number of nitrogens with one attached hydrogen (secondary N) is 1. The summed E-state index contributed by atoms with van der Waals surface area (Å²) in [6, 6.07) is 15.6. The second kappa shape index (κ2) is 8.86. The molecule has 0 fully saturated rings. The third-order valence-electron chi connectivity index (χ3n) is 4.16. The zero-order valence-corrected chi connectivity index (χ0v) is 15.3. The molecule has 0 spiro atoms. The van der Waals surface area contributed by atoms with E-state index in [-0.39, 0.29) is 11.8 Å². The second-order valence-electron chi connectivity index (χ2n) is 6.37. The lowest BCUT2D eigenvalue weighted by atomic mass is 9.95. The molecular weight excluding hydrogens is 320 g/mol. The zero-order chi connectivity index (χ0) is 17.5. The number of rotatable bonds is 7. The molecule has 0 saturated carbocycles. The minimum absolute atomic E-state index is 0.0167. The highest BCUT2D eigenvalue weighted by Gasteiger charge is 2.15. The molecule has 24 heavy (non-hydrogen) atoms. The molecule has 0 heterocycles. The molecule has 2 aromatic carbocycles. The predicted molar refractivity (Wildman–Crippen MR) is 101 cm³/mol. The first-order valence-corrected chi connectivity index (χ1v) is 8.59. The molecule has 0 bridgehead atoms. The molecule has 0 radical (unpaired) electrons. The van der Waals surface area contributed by atoms with E-state index in [0.29, 0.717) is 6.54 Å². The quantitative estimate of drug-likeness (QED) is 0.819. The topological polar surface area (TPSA) is 32.3 Å². The number of nitrogens with zero attached hydrogens (tertiary/aromatic N) is 1. The van der Waals surface area contributed by atoms with Gasteiger partial charge in [-0.25, -0.2) is 0 Å². The van der Waals surface area contributed by atoms with Gasteiger partial charge in [0.2, 0.25) is 0 Å². The van der Waals surface area contributed by atoms with Gasteiger partial charge in [0.1, 0.15) is 0 Å². The number of aryl methyl sites for hydroxylation is 1. The standard InChI is InChI=1S/C20H25ClN2O/c1-15-6-4-5-7-19(15)20(24)22-14-17(12-13-23(2)3)16-8-10-18(21)11-9-16/h4-11,17H,12-14H2,1-3H3,(H,22,24). The van der Waals surface area contributed by atoms with Crippen LogP contribution in [-0.2, 0) is 0 Å². The first-order chi connectivity index (χ1) is 11.5. The van der Waals surface area contributed by atoms with E-state index in [0.717, 1.165) is 29.1 Å². The fraction of sp³-hybridized carbons (Fsp3) is 0.350. The smallest absolute Gasteiger partial charge is 0.251 e. The largest absolute Gasteiger partial charge is 0.351 e. The maximum Gasteiger partial charge on any atom is 0.251 e. The van der Waals surface area contributed by atoms with E-state index in [9.17, 15) is 4.79 Å². The summed E-state index contributed by atoms with van der Waals surface area (Å²) in [6.07, 6.45) is 0.975. The Balaban J connectivity index is 2.06. The van der Waals surface area contributed by atoms with Crippen LogP contribution in [0.5, 0.6) is 0 Å². The van der Waals surface area contributed by atoms with Gasteiger partial charge in [0.25, 0.3) is 5.91 Å². The molecule has 2 aromatic rings. The summed E-state index contributed by atoms with van der Waals surface area (Å²) in [5.41, 5.74) is 2.93. The molecule has 0 saturated heterocycles. The molecule has 128 valence electrons. The van der Waals surface area contributed by atoms with Gasteiger partial charge in [-0.05, 0) is 63.3 Å². The molecule has 0 aliphatic rings. The van der Waals surface area contributed by atoms with E-state index in [2.05, 4.69) is 24.3 Å². The summed E-state index contributed by atoms with van der Waals surface area (Å²) < 4.78 is 0. The summed E-state index contributed by atoms with van der Waals surface area (Å²) in [5.74, 6) is 0.245. The van der Waals surface area contributed by atoms with Crippen LogP contribution in [0.4, 0.5) is 0 Å². The van der Waals surface area contributed by atoms with Crippen molar-refractivity contribution in [3.63, 3.8) is 0 Å². The van der Waals surface area contributed by atoms with Crippen LogP contribution in [0.15, 0.2) is 48.5 Å². The van der Waals surface area contributed by atoms with Gasteiger partial charge in [0, 0.05) is 23.0 Å². The highest BCUT2D eigenvalue weighted by atomic mass is 35.5. The van der Waals surface area contributed by atoms with Crippen LogP contribution in [-0.4, -0.2) is 38.0 Å². The minimum atomic E-state index is -0.0167. The van der Waals surface area contributed by atoms with Gasteiger partial charge in [-0.1, -0.05) is 41.9 Å². The maximum absolute atomic E-state index is 12.5. The molecule has 1 amide bonds. The monoisotopic (exact) mass is 344 g/mol. The Hall–Kier alpha value is -1.84. The predicted octanol–water partition coefficient (Wildman–Crippen LogP) is 4.11. The zero-order valence-electron chi connectivity index (χ0n) is 14.6. The summed E-state index contributed by atoms with van der Waals surface area (Å²) in [5, 5.41) is 3.82. The molecule has 0 aromatic heterocycles.